The van der Waals surface area contributed by atoms with E-state index >= 15 is 0 Å². The molecule has 0 fully saturated rings. The molecule has 24 heavy (non-hydrogen) atoms. The molecule has 0 unspecified atom stereocenters. The minimum Gasteiger partial charge on any atom is -0.493 e. The number of nitrogens with zero attached hydrogens (tertiary/aromatic N) is 2. The Bertz CT molecular complexity index is 742. The van der Waals surface area contributed by atoms with Crippen molar-refractivity contribution in [3.8, 4) is 11.5 Å². The second-order valence-corrected chi connectivity index (χ2v) is 5.54. The number of methoxy groups -OCH3 is 1. The Labute approximate surface area is 143 Å². The van der Waals surface area contributed by atoms with Crippen LogP contribution in [0.3, 0.4) is 0 Å². The highest BCUT2D eigenvalue weighted by molar-refractivity contribution is 8.03. The van der Waals surface area contributed by atoms with Crippen molar-refractivity contribution in [2.24, 2.45) is 0 Å². The number of rotatable bonds is 8. The van der Waals surface area contributed by atoms with Gasteiger partial charge in [0.2, 0.25) is 5.89 Å². The number of thioether (sulfide) groups is 1. The van der Waals surface area contributed by atoms with Crippen LogP contribution in [0, 0.1) is 0 Å². The topological polar surface area (TPSA) is 94.7 Å². The number of aliphatic carboxylic acids is 1. The van der Waals surface area contributed by atoms with Gasteiger partial charge in [-0.3, -0.25) is 0 Å². The molecule has 7 nitrogen and oxygen atoms in total. The number of carbonyl (C=O) groups is 1. The third kappa shape index (κ3) is 4.29. The van der Waals surface area contributed by atoms with Gasteiger partial charge in [0, 0.05) is 12.0 Å². The lowest BCUT2D eigenvalue weighted by atomic mass is 10.1. The number of aryl methyl sites for hydroxylation is 1. The SMILES string of the molecule is CCOc1c(/C=C(\Sc2nnc(CC)o2)C(=O)O)cccc1OC. The number of hydrogen-bond donors (Lipinski definition) is 1. The van der Waals surface area contributed by atoms with Gasteiger partial charge in [-0.1, -0.05) is 19.1 Å². The summed E-state index contributed by atoms with van der Waals surface area (Å²) >= 11 is 0.893. The molecule has 2 aromatic rings. The Hall–Kier alpha value is -2.48. The van der Waals surface area contributed by atoms with E-state index in [9.17, 15) is 9.90 Å². The quantitative estimate of drug-likeness (QED) is 0.572. The molecule has 1 heterocycles. The van der Waals surface area contributed by atoms with Crippen molar-refractivity contribution in [1.29, 1.82) is 0 Å². The number of hydrogen-bond acceptors (Lipinski definition) is 7. The molecule has 0 amide bonds. The van der Waals surface area contributed by atoms with Crippen LogP contribution in [0.4, 0.5) is 0 Å². The minimum atomic E-state index is -1.10. The maximum atomic E-state index is 11.6. The van der Waals surface area contributed by atoms with Crippen molar-refractivity contribution in [3.05, 3.63) is 34.6 Å². The van der Waals surface area contributed by atoms with Crippen molar-refractivity contribution in [3.63, 3.8) is 0 Å². The molecule has 1 aromatic heterocycles. The molecule has 0 saturated carbocycles. The molecular formula is C16H18N2O5S. The zero-order chi connectivity index (χ0) is 17.5. The van der Waals surface area contributed by atoms with E-state index in [1.54, 1.807) is 18.2 Å². The predicted molar refractivity (Wildman–Crippen MR) is 89.3 cm³/mol. The Morgan fingerprint density at radius 1 is 1.38 bits per heavy atom. The summed E-state index contributed by atoms with van der Waals surface area (Å²) in [6, 6.07) is 5.27. The number of carboxylic acids is 1. The molecule has 0 aliphatic carbocycles. The predicted octanol–water partition coefficient (Wildman–Crippen LogP) is 3.26. The summed E-state index contributed by atoms with van der Waals surface area (Å²) in [5.74, 6) is 0.383. The summed E-state index contributed by atoms with van der Waals surface area (Å²) in [5, 5.41) is 17.3. The van der Waals surface area contributed by atoms with Gasteiger partial charge >= 0.3 is 5.97 Å². The van der Waals surface area contributed by atoms with Crippen molar-refractivity contribution >= 4 is 23.8 Å². The summed E-state index contributed by atoms with van der Waals surface area (Å²) in [7, 11) is 1.53. The number of para-hydroxylation sites is 1. The van der Waals surface area contributed by atoms with Crippen LogP contribution >= 0.6 is 11.8 Å². The van der Waals surface area contributed by atoms with Gasteiger partial charge in [-0.15, -0.1) is 10.2 Å². The first-order valence-corrected chi connectivity index (χ1v) is 8.15. The van der Waals surface area contributed by atoms with Crippen LogP contribution in [-0.2, 0) is 11.2 Å². The van der Waals surface area contributed by atoms with Crippen LogP contribution < -0.4 is 9.47 Å². The molecule has 1 N–H and O–H groups in total. The summed E-state index contributed by atoms with van der Waals surface area (Å²) in [6.45, 7) is 4.15. The lowest BCUT2D eigenvalue weighted by Crippen LogP contribution is -2.00. The molecule has 0 saturated heterocycles. The minimum absolute atomic E-state index is 0.0375. The van der Waals surface area contributed by atoms with Gasteiger partial charge in [0.05, 0.1) is 13.7 Å². The van der Waals surface area contributed by atoms with Crippen LogP contribution in [0.5, 0.6) is 11.5 Å². The number of aromatic nitrogens is 2. The molecule has 0 radical (unpaired) electrons. The Balaban J connectivity index is 2.38. The standard InChI is InChI=1S/C16H18N2O5S/c1-4-13-17-18-16(23-13)24-12(15(19)20)9-10-7-6-8-11(21-3)14(10)22-5-2/h6-9H,4-5H2,1-3H3,(H,19,20)/b12-9-. The van der Waals surface area contributed by atoms with E-state index in [4.69, 9.17) is 13.9 Å². The van der Waals surface area contributed by atoms with E-state index in [2.05, 4.69) is 10.2 Å². The van der Waals surface area contributed by atoms with Crippen LogP contribution in [0.15, 0.2) is 32.7 Å². The van der Waals surface area contributed by atoms with Gasteiger partial charge in [-0.2, -0.15) is 0 Å². The Morgan fingerprint density at radius 3 is 2.75 bits per heavy atom. The van der Waals surface area contributed by atoms with Crippen LogP contribution in [-0.4, -0.2) is 35.0 Å². The normalized spacial score (nSPS) is 11.4. The summed E-state index contributed by atoms with van der Waals surface area (Å²) in [4.78, 5) is 11.6. The fourth-order valence-electron chi connectivity index (χ4n) is 1.90. The van der Waals surface area contributed by atoms with Crippen molar-refractivity contribution in [2.45, 2.75) is 25.5 Å². The highest BCUT2D eigenvalue weighted by Crippen LogP contribution is 2.35. The third-order valence-corrected chi connectivity index (χ3v) is 3.82. The Morgan fingerprint density at radius 2 is 2.17 bits per heavy atom. The molecule has 1 aromatic carbocycles. The molecular weight excluding hydrogens is 332 g/mol. The molecule has 0 aliphatic rings. The van der Waals surface area contributed by atoms with Gasteiger partial charge < -0.3 is 19.0 Å². The van der Waals surface area contributed by atoms with E-state index in [1.807, 2.05) is 13.8 Å². The van der Waals surface area contributed by atoms with Gasteiger partial charge in [0.1, 0.15) is 4.91 Å². The van der Waals surface area contributed by atoms with E-state index in [-0.39, 0.29) is 10.1 Å². The fourth-order valence-corrected chi connectivity index (χ4v) is 2.58. The van der Waals surface area contributed by atoms with Crippen LogP contribution in [0.25, 0.3) is 6.08 Å². The first-order valence-electron chi connectivity index (χ1n) is 7.34. The number of benzene rings is 1. The van der Waals surface area contributed by atoms with Gasteiger partial charge in [0.15, 0.2) is 11.5 Å². The highest BCUT2D eigenvalue weighted by Gasteiger charge is 2.17. The van der Waals surface area contributed by atoms with E-state index < -0.39 is 5.97 Å². The summed E-state index contributed by atoms with van der Waals surface area (Å²) in [6.07, 6.45) is 2.08. The summed E-state index contributed by atoms with van der Waals surface area (Å²) < 4.78 is 16.2. The Kier molecular flexibility index (Phi) is 6.25. The number of ether oxygens (including phenoxy) is 2. The molecule has 0 spiro atoms. The second kappa shape index (κ2) is 8.39. The molecule has 0 aliphatic heterocycles. The van der Waals surface area contributed by atoms with E-state index in [1.165, 1.54) is 13.2 Å². The maximum Gasteiger partial charge on any atom is 0.342 e. The van der Waals surface area contributed by atoms with Gasteiger partial charge in [-0.05, 0) is 30.8 Å². The highest BCUT2D eigenvalue weighted by atomic mass is 32.2. The average molecular weight is 350 g/mol. The molecule has 8 heteroatoms. The van der Waals surface area contributed by atoms with E-state index in [0.717, 1.165) is 11.8 Å². The van der Waals surface area contributed by atoms with Gasteiger partial charge in [-0.25, -0.2) is 4.79 Å². The fraction of sp³-hybridized carbons (Fsp3) is 0.312. The lowest BCUT2D eigenvalue weighted by molar-refractivity contribution is -0.131. The summed E-state index contributed by atoms with van der Waals surface area (Å²) in [5.41, 5.74) is 0.594. The lowest BCUT2D eigenvalue weighted by Gasteiger charge is -2.12. The number of carboxylic acid groups (broad SMARTS) is 1. The molecule has 0 bridgehead atoms. The van der Waals surface area contributed by atoms with E-state index in [0.29, 0.717) is 36.0 Å². The van der Waals surface area contributed by atoms with Crippen molar-refractivity contribution in [2.75, 3.05) is 13.7 Å². The molecule has 128 valence electrons. The molecule has 0 atom stereocenters. The van der Waals surface area contributed by atoms with Crippen LogP contribution in [0.1, 0.15) is 25.3 Å². The van der Waals surface area contributed by atoms with Crippen molar-refractivity contribution < 1.29 is 23.8 Å². The average Bonchev–Trinajstić information content (AvgIpc) is 3.03. The second-order valence-electron chi connectivity index (χ2n) is 4.54. The third-order valence-electron chi connectivity index (χ3n) is 2.96. The zero-order valence-corrected chi connectivity index (χ0v) is 14.4. The first kappa shape index (κ1) is 17.9. The maximum absolute atomic E-state index is 11.6. The molecule has 2 rings (SSSR count). The smallest absolute Gasteiger partial charge is 0.342 e. The monoisotopic (exact) mass is 350 g/mol. The van der Waals surface area contributed by atoms with Crippen LogP contribution in [0.2, 0.25) is 0 Å². The largest absolute Gasteiger partial charge is 0.493 e. The van der Waals surface area contributed by atoms with Crippen molar-refractivity contribution in [1.82, 2.24) is 10.2 Å². The van der Waals surface area contributed by atoms with Gasteiger partial charge in [0.25, 0.3) is 5.22 Å². The first-order chi connectivity index (χ1) is 11.6. The zero-order valence-electron chi connectivity index (χ0n) is 13.6.